The molecule has 2 aromatic heterocycles. The van der Waals surface area contributed by atoms with Crippen molar-refractivity contribution in [3.05, 3.63) is 33.4 Å². The molecule has 0 radical (unpaired) electrons. The van der Waals surface area contributed by atoms with Crippen LogP contribution in [0, 0.1) is 11.3 Å². The van der Waals surface area contributed by atoms with Crippen LogP contribution >= 0.6 is 0 Å². The molecule has 1 aliphatic rings. The second-order valence-corrected chi connectivity index (χ2v) is 5.17. The van der Waals surface area contributed by atoms with Crippen molar-refractivity contribution in [3.8, 4) is 6.07 Å². The summed E-state index contributed by atoms with van der Waals surface area (Å²) >= 11 is 0. The summed E-state index contributed by atoms with van der Waals surface area (Å²) in [7, 11) is 0. The van der Waals surface area contributed by atoms with Crippen molar-refractivity contribution in [2.24, 2.45) is 0 Å². The van der Waals surface area contributed by atoms with E-state index in [-0.39, 0.29) is 17.1 Å². The molecule has 0 saturated carbocycles. The van der Waals surface area contributed by atoms with Crippen molar-refractivity contribution in [3.63, 3.8) is 0 Å². The third-order valence-corrected chi connectivity index (χ3v) is 3.85. The Labute approximate surface area is 122 Å². The molecular formula is C13H12F3N5O. The molecule has 3 heterocycles. The van der Waals surface area contributed by atoms with E-state index in [9.17, 15) is 23.2 Å². The number of hydrogen-bond donors (Lipinski definition) is 2. The Kier molecular flexibility index (Phi) is 3.41. The highest BCUT2D eigenvalue weighted by atomic mass is 19.4. The van der Waals surface area contributed by atoms with Crippen LogP contribution in [-0.4, -0.2) is 27.7 Å². The molecule has 0 aromatic carbocycles. The summed E-state index contributed by atoms with van der Waals surface area (Å²) in [5, 5.41) is 15.1. The minimum absolute atomic E-state index is 0.00802. The number of hydrogen-bond acceptors (Lipinski definition) is 4. The lowest BCUT2D eigenvalue weighted by atomic mass is 9.92. The number of rotatable bonds is 1. The van der Waals surface area contributed by atoms with Gasteiger partial charge in [0.25, 0.3) is 5.56 Å². The topological polar surface area (TPSA) is 86.0 Å². The van der Waals surface area contributed by atoms with Gasteiger partial charge in [-0.3, -0.25) is 9.89 Å². The Morgan fingerprint density at radius 3 is 2.64 bits per heavy atom. The van der Waals surface area contributed by atoms with Gasteiger partial charge in [0.05, 0.1) is 5.69 Å². The number of nitrogens with zero attached hydrogens (tertiary/aromatic N) is 3. The summed E-state index contributed by atoms with van der Waals surface area (Å²) in [4.78, 5) is 15.7. The Morgan fingerprint density at radius 1 is 1.36 bits per heavy atom. The molecule has 0 atom stereocenters. The first-order chi connectivity index (χ1) is 10.4. The molecule has 0 amide bonds. The highest BCUT2D eigenvalue weighted by molar-refractivity contribution is 5.58. The molecule has 22 heavy (non-hydrogen) atoms. The first kappa shape index (κ1) is 14.6. The maximum Gasteiger partial charge on any atom is 0.423 e. The van der Waals surface area contributed by atoms with Crippen LogP contribution in [0.2, 0.25) is 0 Å². The minimum atomic E-state index is -4.78. The minimum Gasteiger partial charge on any atom is -0.317 e. The maximum absolute atomic E-state index is 12.8. The Balaban J connectivity index is 2.21. The van der Waals surface area contributed by atoms with Crippen molar-refractivity contribution in [1.82, 2.24) is 19.9 Å². The van der Waals surface area contributed by atoms with Gasteiger partial charge in [0, 0.05) is 12.1 Å². The molecule has 9 heteroatoms. The van der Waals surface area contributed by atoms with Crippen molar-refractivity contribution < 1.29 is 13.2 Å². The summed E-state index contributed by atoms with van der Waals surface area (Å²) in [5.74, 6) is -0.00802. The number of fused-ring (bicyclic) bond motifs is 1. The van der Waals surface area contributed by atoms with Gasteiger partial charge in [-0.1, -0.05) is 0 Å². The van der Waals surface area contributed by atoms with E-state index in [0.717, 1.165) is 30.4 Å². The van der Waals surface area contributed by atoms with Crippen LogP contribution in [0.15, 0.2) is 11.0 Å². The van der Waals surface area contributed by atoms with E-state index in [1.165, 1.54) is 0 Å². The van der Waals surface area contributed by atoms with E-state index in [2.05, 4.69) is 15.4 Å². The number of piperidine rings is 1. The lowest BCUT2D eigenvalue weighted by Crippen LogP contribution is -2.27. The van der Waals surface area contributed by atoms with E-state index in [4.69, 9.17) is 0 Å². The molecule has 3 rings (SSSR count). The van der Waals surface area contributed by atoms with Crippen molar-refractivity contribution in [2.75, 3.05) is 13.1 Å². The molecule has 0 unspecified atom stereocenters. The molecule has 6 nitrogen and oxygen atoms in total. The fourth-order valence-corrected chi connectivity index (χ4v) is 2.74. The standard InChI is InChI=1S/C13H12F3N5O/c14-13(15,16)9-6-19-11-8(5-17)10(20-21(11)12(9)22)7-1-3-18-4-2-7/h6-7,18,20H,1-4H2. The van der Waals surface area contributed by atoms with Gasteiger partial charge < -0.3 is 5.32 Å². The molecule has 0 bridgehead atoms. The van der Waals surface area contributed by atoms with Crippen LogP contribution in [0.3, 0.4) is 0 Å². The highest BCUT2D eigenvalue weighted by Gasteiger charge is 2.36. The summed E-state index contributed by atoms with van der Waals surface area (Å²) in [5.41, 5.74) is -2.04. The summed E-state index contributed by atoms with van der Waals surface area (Å²) in [6.45, 7) is 1.50. The van der Waals surface area contributed by atoms with E-state index in [1.807, 2.05) is 6.07 Å². The predicted octanol–water partition coefficient (Wildman–Crippen LogP) is 1.38. The van der Waals surface area contributed by atoms with E-state index in [0.29, 0.717) is 11.9 Å². The quantitative estimate of drug-likeness (QED) is 0.833. The van der Waals surface area contributed by atoms with Crippen LogP contribution < -0.4 is 10.9 Å². The monoisotopic (exact) mass is 311 g/mol. The summed E-state index contributed by atoms with van der Waals surface area (Å²) in [6.07, 6.45) is -2.82. The molecule has 2 aromatic rings. The molecule has 0 spiro atoms. The second kappa shape index (κ2) is 5.14. The summed E-state index contributed by atoms with van der Waals surface area (Å²) < 4.78 is 39.1. The van der Waals surface area contributed by atoms with Crippen LogP contribution in [0.1, 0.15) is 35.6 Å². The van der Waals surface area contributed by atoms with Crippen molar-refractivity contribution in [1.29, 1.82) is 5.26 Å². The van der Waals surface area contributed by atoms with Gasteiger partial charge in [0.15, 0.2) is 5.65 Å². The van der Waals surface area contributed by atoms with Gasteiger partial charge >= 0.3 is 6.18 Å². The SMILES string of the molecule is N#Cc1c(C2CCNCC2)[nH]n2c(=O)c(C(F)(F)F)cnc12. The molecule has 116 valence electrons. The Hall–Kier alpha value is -2.34. The number of aromatic amines is 1. The number of nitriles is 1. The highest BCUT2D eigenvalue weighted by Crippen LogP contribution is 2.29. The molecule has 0 aliphatic carbocycles. The molecule has 1 saturated heterocycles. The zero-order chi connectivity index (χ0) is 15.9. The lowest BCUT2D eigenvalue weighted by molar-refractivity contribution is -0.139. The van der Waals surface area contributed by atoms with Crippen LogP contribution in [0.5, 0.6) is 0 Å². The maximum atomic E-state index is 12.8. The number of H-pyrrole nitrogens is 1. The third kappa shape index (κ3) is 2.25. The van der Waals surface area contributed by atoms with Gasteiger partial charge in [-0.15, -0.1) is 0 Å². The summed E-state index contributed by atoms with van der Waals surface area (Å²) in [6, 6.07) is 1.95. The number of halogens is 3. The third-order valence-electron chi connectivity index (χ3n) is 3.85. The lowest BCUT2D eigenvalue weighted by Gasteiger charge is -2.21. The fraction of sp³-hybridized carbons (Fsp3) is 0.462. The second-order valence-electron chi connectivity index (χ2n) is 5.17. The molecule has 1 aliphatic heterocycles. The van der Waals surface area contributed by atoms with Gasteiger partial charge in [-0.2, -0.15) is 22.9 Å². The molecular weight excluding hydrogens is 299 g/mol. The predicted molar refractivity (Wildman–Crippen MR) is 70.4 cm³/mol. The van der Waals surface area contributed by atoms with E-state index in [1.54, 1.807) is 0 Å². The zero-order valence-corrected chi connectivity index (χ0v) is 11.4. The van der Waals surface area contributed by atoms with Crippen molar-refractivity contribution in [2.45, 2.75) is 24.9 Å². The first-order valence-corrected chi connectivity index (χ1v) is 6.75. The van der Waals surface area contributed by atoms with E-state index >= 15 is 0 Å². The molecule has 1 fully saturated rings. The van der Waals surface area contributed by atoms with Crippen molar-refractivity contribution >= 4 is 5.65 Å². The average Bonchev–Trinajstić information content (AvgIpc) is 2.86. The first-order valence-electron chi connectivity index (χ1n) is 6.75. The number of nitrogens with one attached hydrogen (secondary N) is 2. The number of alkyl halides is 3. The van der Waals surface area contributed by atoms with Gasteiger partial charge in [-0.05, 0) is 25.9 Å². The smallest absolute Gasteiger partial charge is 0.317 e. The van der Waals surface area contributed by atoms with Gasteiger partial charge in [-0.25, -0.2) is 4.98 Å². The fourth-order valence-electron chi connectivity index (χ4n) is 2.74. The van der Waals surface area contributed by atoms with Gasteiger partial charge in [0.1, 0.15) is 17.2 Å². The average molecular weight is 311 g/mol. The normalized spacial score (nSPS) is 16.8. The van der Waals surface area contributed by atoms with Crippen LogP contribution in [-0.2, 0) is 6.18 Å². The molecule has 2 N–H and O–H groups in total. The zero-order valence-electron chi connectivity index (χ0n) is 11.4. The van der Waals surface area contributed by atoms with Crippen LogP contribution in [0.25, 0.3) is 5.65 Å². The Morgan fingerprint density at radius 2 is 2.05 bits per heavy atom. The van der Waals surface area contributed by atoms with Gasteiger partial charge in [0.2, 0.25) is 0 Å². The number of aromatic nitrogens is 3. The largest absolute Gasteiger partial charge is 0.423 e. The van der Waals surface area contributed by atoms with E-state index < -0.39 is 17.3 Å². The Bertz CT molecular complexity index is 808. The van der Waals surface area contributed by atoms with Crippen LogP contribution in [0.4, 0.5) is 13.2 Å².